The van der Waals surface area contributed by atoms with Crippen LogP contribution in [0.15, 0.2) is 178 Å². The second kappa shape index (κ2) is 11.0. The molecule has 0 bridgehead atoms. The summed E-state index contributed by atoms with van der Waals surface area (Å²) >= 11 is 0. The summed E-state index contributed by atoms with van der Waals surface area (Å²) in [6.07, 6.45) is 0. The van der Waals surface area contributed by atoms with Crippen molar-refractivity contribution in [1.82, 2.24) is 4.57 Å². The molecule has 0 spiro atoms. The van der Waals surface area contributed by atoms with Crippen molar-refractivity contribution in [2.75, 3.05) is 4.90 Å². The van der Waals surface area contributed by atoms with E-state index in [1.807, 2.05) is 0 Å². The van der Waals surface area contributed by atoms with E-state index in [1.54, 1.807) is 0 Å². The number of allylic oxidation sites excluding steroid dienone is 1. The van der Waals surface area contributed by atoms with Gasteiger partial charge in [0.05, 0.1) is 11.0 Å². The normalized spacial score (nSPS) is 22.2. The summed E-state index contributed by atoms with van der Waals surface area (Å²) in [7, 11) is 0. The molecule has 4 atom stereocenters. The van der Waals surface area contributed by atoms with Crippen molar-refractivity contribution in [3.63, 3.8) is 0 Å². The number of aromatic nitrogens is 1. The Morgan fingerprint density at radius 1 is 0.534 bits per heavy atom. The minimum atomic E-state index is -0.681. The number of hydrogen-bond donors (Lipinski definition) is 0. The highest BCUT2D eigenvalue weighted by Gasteiger charge is 2.63. The SMILES string of the molecule is CC1C2=C3C(C)(c4ccccc4N(c4ccc(-n5c6ccccc6c6ccccc65)cc4)C3(C)c3oc4ccccc4c3C2C)c2c1oc1c2ccc2ccccc21. The van der Waals surface area contributed by atoms with Crippen molar-refractivity contribution < 1.29 is 8.83 Å². The summed E-state index contributed by atoms with van der Waals surface area (Å²) in [6.45, 7) is 9.67. The molecule has 4 heterocycles. The molecule has 0 saturated heterocycles. The number of anilines is 2. The molecule has 10 aromatic rings. The number of furan rings is 2. The molecule has 0 saturated carbocycles. The molecule has 4 heteroatoms. The molecule has 0 radical (unpaired) electrons. The third-order valence-electron chi connectivity index (χ3n) is 14.3. The molecule has 0 fully saturated rings. The first-order valence-corrected chi connectivity index (χ1v) is 20.6. The summed E-state index contributed by atoms with van der Waals surface area (Å²) in [5, 5.41) is 7.26. The van der Waals surface area contributed by atoms with Crippen LogP contribution in [-0.4, -0.2) is 4.57 Å². The Morgan fingerprint density at radius 3 is 1.91 bits per heavy atom. The monoisotopic (exact) mass is 748 g/mol. The Hall–Kier alpha value is -6.78. The predicted molar refractivity (Wildman–Crippen MR) is 237 cm³/mol. The van der Waals surface area contributed by atoms with Crippen LogP contribution in [-0.2, 0) is 11.0 Å². The molecule has 4 unspecified atom stereocenters. The number of nitrogens with zero attached hydrogens (tertiary/aromatic N) is 2. The molecule has 3 aliphatic rings. The molecule has 1 aliphatic heterocycles. The minimum absolute atomic E-state index is 0.0464. The second-order valence-corrected chi connectivity index (χ2v) is 17.1. The van der Waals surface area contributed by atoms with E-state index < -0.39 is 11.0 Å². The number of rotatable bonds is 2. The van der Waals surface area contributed by atoms with Crippen molar-refractivity contribution in [2.24, 2.45) is 0 Å². The molecule has 7 aromatic carbocycles. The van der Waals surface area contributed by atoms with Crippen LogP contribution in [0.2, 0.25) is 0 Å². The maximum atomic E-state index is 7.24. The predicted octanol–water partition coefficient (Wildman–Crippen LogP) is 14.3. The fourth-order valence-electron chi connectivity index (χ4n) is 12.1. The number of para-hydroxylation sites is 4. The third kappa shape index (κ3) is 3.73. The van der Waals surface area contributed by atoms with Crippen molar-refractivity contribution in [3.05, 3.63) is 197 Å². The highest BCUT2D eigenvalue weighted by Crippen LogP contribution is 2.70. The van der Waals surface area contributed by atoms with Crippen LogP contribution in [0.25, 0.3) is 60.2 Å². The highest BCUT2D eigenvalue weighted by molar-refractivity contribution is 6.10. The van der Waals surface area contributed by atoms with Gasteiger partial charge in [0, 0.05) is 72.4 Å². The summed E-state index contributed by atoms with van der Waals surface area (Å²) in [4.78, 5) is 2.59. The number of benzene rings is 7. The average molecular weight is 749 g/mol. The summed E-state index contributed by atoms with van der Waals surface area (Å²) in [5.41, 5.74) is 13.2. The first-order chi connectivity index (χ1) is 28.4. The molecule has 278 valence electrons. The smallest absolute Gasteiger partial charge is 0.142 e. The van der Waals surface area contributed by atoms with Gasteiger partial charge in [-0.25, -0.2) is 0 Å². The van der Waals surface area contributed by atoms with Gasteiger partial charge in [-0.3, -0.25) is 0 Å². The van der Waals surface area contributed by atoms with E-state index >= 15 is 0 Å². The van der Waals surface area contributed by atoms with E-state index in [2.05, 4.69) is 195 Å². The second-order valence-electron chi connectivity index (χ2n) is 17.1. The van der Waals surface area contributed by atoms with Crippen LogP contribution in [0.4, 0.5) is 11.4 Å². The summed E-state index contributed by atoms with van der Waals surface area (Å²) in [6, 6.07) is 57.6. The van der Waals surface area contributed by atoms with Crippen molar-refractivity contribution in [3.8, 4) is 5.69 Å². The Balaban J connectivity index is 1.12. The van der Waals surface area contributed by atoms with E-state index in [9.17, 15) is 0 Å². The fraction of sp³-hybridized carbons (Fsp3) is 0.148. The van der Waals surface area contributed by atoms with Gasteiger partial charge in [-0.1, -0.05) is 123 Å². The first kappa shape index (κ1) is 32.3. The lowest BCUT2D eigenvalue weighted by atomic mass is 9.51. The lowest BCUT2D eigenvalue weighted by molar-refractivity contribution is 0.335. The van der Waals surface area contributed by atoms with E-state index in [1.165, 1.54) is 71.5 Å². The Morgan fingerprint density at radius 2 is 1.16 bits per heavy atom. The van der Waals surface area contributed by atoms with Gasteiger partial charge in [-0.2, -0.15) is 0 Å². The van der Waals surface area contributed by atoms with Crippen molar-refractivity contribution >= 4 is 65.9 Å². The van der Waals surface area contributed by atoms with Crippen LogP contribution in [0.1, 0.15) is 67.7 Å². The molecule has 0 amide bonds. The number of hydrogen-bond acceptors (Lipinski definition) is 3. The molecule has 2 aliphatic carbocycles. The van der Waals surface area contributed by atoms with Crippen LogP contribution in [0.5, 0.6) is 0 Å². The first-order valence-electron chi connectivity index (χ1n) is 20.6. The van der Waals surface area contributed by atoms with Crippen molar-refractivity contribution in [2.45, 2.75) is 50.5 Å². The molecular weight excluding hydrogens is 709 g/mol. The highest BCUT2D eigenvalue weighted by atomic mass is 16.3. The van der Waals surface area contributed by atoms with Gasteiger partial charge in [0.25, 0.3) is 0 Å². The van der Waals surface area contributed by atoms with Crippen LogP contribution in [0, 0.1) is 0 Å². The van der Waals surface area contributed by atoms with E-state index in [4.69, 9.17) is 8.83 Å². The maximum Gasteiger partial charge on any atom is 0.142 e. The summed E-state index contributed by atoms with van der Waals surface area (Å²) in [5.74, 6) is 2.27. The zero-order valence-corrected chi connectivity index (χ0v) is 32.9. The zero-order valence-electron chi connectivity index (χ0n) is 32.9. The summed E-state index contributed by atoms with van der Waals surface area (Å²) < 4.78 is 16.9. The lowest BCUT2D eigenvalue weighted by Crippen LogP contribution is -2.57. The van der Waals surface area contributed by atoms with E-state index in [0.717, 1.165) is 39.4 Å². The standard InChI is InChI=1S/C54H40N2O2/c1-31-46-32(2)49-48(40-30-25-33-15-5-6-16-36(33)50(40)58-49)53(3)41-20-10-13-23-44(41)56(54(4,51(46)53)52-47(31)39-19-9-14-24-45(39)57-52)35-28-26-34(27-29-35)55-42-21-11-7-17-37(42)38-18-8-12-22-43(38)55/h5-32H,1-4H3. The fourth-order valence-corrected chi connectivity index (χ4v) is 12.1. The average Bonchev–Trinajstić information content (AvgIpc) is 3.96. The van der Waals surface area contributed by atoms with Gasteiger partial charge in [0.2, 0.25) is 0 Å². The largest absolute Gasteiger partial charge is 0.459 e. The van der Waals surface area contributed by atoms with Crippen LogP contribution in [0.3, 0.4) is 0 Å². The van der Waals surface area contributed by atoms with Gasteiger partial charge in [-0.15, -0.1) is 0 Å². The number of fused-ring (bicyclic) bond motifs is 15. The van der Waals surface area contributed by atoms with Crippen molar-refractivity contribution in [1.29, 1.82) is 0 Å². The Kier molecular flexibility index (Phi) is 6.12. The van der Waals surface area contributed by atoms with E-state index in [-0.39, 0.29) is 11.8 Å². The Labute approximate surface area is 336 Å². The van der Waals surface area contributed by atoms with Gasteiger partial charge < -0.3 is 18.3 Å². The van der Waals surface area contributed by atoms with Gasteiger partial charge in [-0.05, 0) is 84.5 Å². The minimum Gasteiger partial charge on any atom is -0.459 e. The molecule has 4 nitrogen and oxygen atoms in total. The van der Waals surface area contributed by atoms with Gasteiger partial charge >= 0.3 is 0 Å². The Bertz CT molecular complexity index is 3380. The van der Waals surface area contributed by atoms with Crippen LogP contribution < -0.4 is 4.90 Å². The molecular formula is C54H40N2O2. The quantitative estimate of drug-likeness (QED) is 0.165. The lowest BCUT2D eigenvalue weighted by Gasteiger charge is -2.59. The zero-order chi connectivity index (χ0) is 38.7. The van der Waals surface area contributed by atoms with E-state index in [0.29, 0.717) is 0 Å². The topological polar surface area (TPSA) is 34.5 Å². The maximum absolute atomic E-state index is 7.24. The molecule has 0 N–H and O–H groups in total. The van der Waals surface area contributed by atoms with Crippen LogP contribution >= 0.6 is 0 Å². The molecule has 13 rings (SSSR count). The molecule has 3 aromatic heterocycles. The third-order valence-corrected chi connectivity index (χ3v) is 14.3. The molecule has 58 heavy (non-hydrogen) atoms. The van der Waals surface area contributed by atoms with Gasteiger partial charge in [0.15, 0.2) is 0 Å². The van der Waals surface area contributed by atoms with Gasteiger partial charge in [0.1, 0.15) is 28.2 Å².